The molecule has 3 heterocycles. The number of rotatable bonds is 6. The fraction of sp³-hybridized carbons (Fsp3) is 0.154. The van der Waals surface area contributed by atoms with Gasteiger partial charge in [0.05, 0.1) is 23.5 Å². The van der Waals surface area contributed by atoms with Crippen molar-refractivity contribution in [2.45, 2.75) is 20.8 Å². The number of nitrogens with zero attached hydrogens (tertiary/aromatic N) is 5. The van der Waals surface area contributed by atoms with Crippen molar-refractivity contribution in [1.82, 2.24) is 24.4 Å². The Morgan fingerprint density at radius 3 is 2.38 bits per heavy atom. The maximum absolute atomic E-state index is 13.1. The van der Waals surface area contributed by atoms with Crippen LogP contribution in [0.1, 0.15) is 22.3 Å². The number of benzene rings is 2. The molecule has 11 heteroatoms. The molecule has 0 aliphatic rings. The number of fused-ring (bicyclic) bond motifs is 1. The second kappa shape index (κ2) is 9.41. The smallest absolute Gasteiger partial charge is 0.277 e. The minimum Gasteiger partial charge on any atom is -0.277 e. The molecular weight excluding hydrogens is 508 g/mol. The van der Waals surface area contributed by atoms with E-state index in [4.69, 9.17) is 0 Å². The molecule has 0 aliphatic carbocycles. The third kappa shape index (κ3) is 4.83. The fourth-order valence-corrected chi connectivity index (χ4v) is 5.95. The summed E-state index contributed by atoms with van der Waals surface area (Å²) in [7, 11) is -2.25. The van der Waals surface area contributed by atoms with Gasteiger partial charge in [0.25, 0.3) is 15.6 Å². The Morgan fingerprint density at radius 1 is 1.00 bits per heavy atom. The summed E-state index contributed by atoms with van der Waals surface area (Å²) in [4.78, 5) is 17.5. The van der Waals surface area contributed by atoms with E-state index >= 15 is 0 Å². The van der Waals surface area contributed by atoms with Crippen LogP contribution in [-0.2, 0) is 17.1 Å². The molecule has 0 saturated heterocycles. The maximum atomic E-state index is 13.1. The Morgan fingerprint density at radius 2 is 1.68 bits per heavy atom. The Labute approximate surface area is 217 Å². The molecule has 37 heavy (non-hydrogen) atoms. The van der Waals surface area contributed by atoms with Crippen LogP contribution in [0.5, 0.6) is 0 Å². The van der Waals surface area contributed by atoms with Gasteiger partial charge in [-0.2, -0.15) is 0 Å². The molecule has 0 saturated carbocycles. The van der Waals surface area contributed by atoms with Crippen LogP contribution >= 0.6 is 11.3 Å². The van der Waals surface area contributed by atoms with Crippen LogP contribution in [0.3, 0.4) is 0 Å². The minimum atomic E-state index is -3.83. The van der Waals surface area contributed by atoms with Crippen molar-refractivity contribution in [3.63, 3.8) is 0 Å². The van der Waals surface area contributed by atoms with Crippen LogP contribution < -0.4 is 10.3 Å². The van der Waals surface area contributed by atoms with Gasteiger partial charge in [0, 0.05) is 12.6 Å². The molecule has 2 aromatic carbocycles. The van der Waals surface area contributed by atoms with Gasteiger partial charge in [0.1, 0.15) is 10.6 Å². The summed E-state index contributed by atoms with van der Waals surface area (Å²) in [5.74, 6) is 0. The predicted molar refractivity (Wildman–Crippen MR) is 147 cm³/mol. The topological polar surface area (TPSA) is 111 Å². The zero-order valence-corrected chi connectivity index (χ0v) is 22.3. The standard InChI is InChI=1S/C26H24N6O3S2/c1-16-12-17(2)21(18(3)13-16)10-11-37(34,35)30-20-14-27-23-22(26(33)31(4)32(23)15-20)25-29-28-24(36-25)19-8-6-5-7-9-19/h5-15,30H,1-4H3/b11-10+. The Bertz CT molecular complexity index is 1810. The van der Waals surface area contributed by atoms with Crippen molar-refractivity contribution in [3.05, 3.63) is 92.9 Å². The number of anilines is 1. The average Bonchev–Trinajstić information content (AvgIpc) is 3.42. The second-order valence-electron chi connectivity index (χ2n) is 8.76. The minimum absolute atomic E-state index is 0.217. The van der Waals surface area contributed by atoms with Gasteiger partial charge in [-0.3, -0.25) is 9.52 Å². The molecule has 1 N–H and O–H groups in total. The van der Waals surface area contributed by atoms with E-state index in [1.807, 2.05) is 63.2 Å². The van der Waals surface area contributed by atoms with E-state index in [1.54, 1.807) is 13.1 Å². The van der Waals surface area contributed by atoms with Crippen molar-refractivity contribution in [1.29, 1.82) is 0 Å². The highest BCUT2D eigenvalue weighted by Crippen LogP contribution is 2.30. The molecule has 5 aromatic rings. The molecule has 188 valence electrons. The summed E-state index contributed by atoms with van der Waals surface area (Å²) in [6.07, 6.45) is 4.48. The third-order valence-electron chi connectivity index (χ3n) is 5.93. The molecule has 0 unspecified atom stereocenters. The molecule has 0 bridgehead atoms. The van der Waals surface area contributed by atoms with Crippen molar-refractivity contribution in [2.24, 2.45) is 7.05 Å². The summed E-state index contributed by atoms with van der Waals surface area (Å²) in [5.41, 5.74) is 5.43. The van der Waals surface area contributed by atoms with Gasteiger partial charge < -0.3 is 0 Å². The van der Waals surface area contributed by atoms with E-state index in [0.717, 1.165) is 33.2 Å². The normalized spacial score (nSPS) is 12.0. The number of hydrogen-bond acceptors (Lipinski definition) is 7. The fourth-order valence-electron chi connectivity index (χ4n) is 4.25. The SMILES string of the molecule is Cc1cc(C)c(/C=C/S(=O)(=O)Nc2cnc3c(-c4nnc(-c5ccccc5)s4)c(=O)n(C)n3c2)c(C)c1. The summed E-state index contributed by atoms with van der Waals surface area (Å²) in [6.45, 7) is 5.90. The summed E-state index contributed by atoms with van der Waals surface area (Å²) >= 11 is 1.29. The van der Waals surface area contributed by atoms with Gasteiger partial charge in [0.2, 0.25) is 0 Å². The van der Waals surface area contributed by atoms with Crippen LogP contribution in [0.25, 0.3) is 32.9 Å². The zero-order valence-electron chi connectivity index (χ0n) is 20.6. The largest absolute Gasteiger partial charge is 0.279 e. The lowest BCUT2D eigenvalue weighted by atomic mass is 10.0. The lowest BCUT2D eigenvalue weighted by Crippen LogP contribution is -2.16. The van der Waals surface area contributed by atoms with Crippen LogP contribution in [0.15, 0.2) is 65.1 Å². The number of aryl methyl sites for hydroxylation is 4. The highest BCUT2D eigenvalue weighted by Gasteiger charge is 2.21. The number of aromatic nitrogens is 5. The average molecular weight is 533 g/mol. The monoisotopic (exact) mass is 532 g/mol. The van der Waals surface area contributed by atoms with Gasteiger partial charge in [-0.25, -0.2) is 22.6 Å². The van der Waals surface area contributed by atoms with E-state index in [-0.39, 0.29) is 11.2 Å². The van der Waals surface area contributed by atoms with Crippen LogP contribution in [-0.4, -0.2) is 32.8 Å². The van der Waals surface area contributed by atoms with Gasteiger partial charge >= 0.3 is 0 Å². The van der Waals surface area contributed by atoms with E-state index in [0.29, 0.717) is 21.2 Å². The maximum Gasteiger partial charge on any atom is 0.279 e. The summed E-state index contributed by atoms with van der Waals surface area (Å²) in [6, 6.07) is 13.6. The van der Waals surface area contributed by atoms with E-state index in [2.05, 4.69) is 19.9 Å². The third-order valence-corrected chi connectivity index (χ3v) is 7.93. The first kappa shape index (κ1) is 24.6. The molecule has 5 rings (SSSR count). The highest BCUT2D eigenvalue weighted by molar-refractivity contribution is 7.95. The quantitative estimate of drug-likeness (QED) is 0.343. The van der Waals surface area contributed by atoms with Crippen molar-refractivity contribution in [2.75, 3.05) is 4.72 Å². The van der Waals surface area contributed by atoms with Crippen molar-refractivity contribution in [3.8, 4) is 21.1 Å². The van der Waals surface area contributed by atoms with E-state index in [1.165, 1.54) is 32.9 Å². The van der Waals surface area contributed by atoms with Crippen molar-refractivity contribution < 1.29 is 8.42 Å². The zero-order chi connectivity index (χ0) is 26.3. The Balaban J connectivity index is 1.46. The molecule has 0 aliphatic heterocycles. The predicted octanol–water partition coefficient (Wildman–Crippen LogP) is 4.56. The van der Waals surface area contributed by atoms with E-state index < -0.39 is 10.0 Å². The first-order valence-corrected chi connectivity index (χ1v) is 13.7. The number of nitrogens with one attached hydrogen (secondary N) is 1. The lowest BCUT2D eigenvalue weighted by molar-refractivity contribution is 0.609. The van der Waals surface area contributed by atoms with Crippen molar-refractivity contribution >= 4 is 38.8 Å². The molecule has 0 radical (unpaired) electrons. The van der Waals surface area contributed by atoms with Gasteiger partial charge in [-0.15, -0.1) is 10.2 Å². The molecule has 0 atom stereocenters. The summed E-state index contributed by atoms with van der Waals surface area (Å²) in [5, 5.41) is 10.7. The van der Waals surface area contributed by atoms with Gasteiger partial charge in [-0.1, -0.05) is 59.4 Å². The molecule has 0 fully saturated rings. The van der Waals surface area contributed by atoms with Crippen LogP contribution in [0.4, 0.5) is 5.69 Å². The highest BCUT2D eigenvalue weighted by atomic mass is 32.2. The lowest BCUT2D eigenvalue weighted by Gasteiger charge is -2.08. The number of hydrogen-bond donors (Lipinski definition) is 1. The van der Waals surface area contributed by atoms with E-state index in [9.17, 15) is 13.2 Å². The van der Waals surface area contributed by atoms with Crippen LogP contribution in [0.2, 0.25) is 0 Å². The molecule has 0 spiro atoms. The van der Waals surface area contributed by atoms with Gasteiger partial charge in [0.15, 0.2) is 10.7 Å². The number of sulfonamides is 1. The first-order valence-electron chi connectivity index (χ1n) is 11.4. The Kier molecular flexibility index (Phi) is 6.26. The van der Waals surface area contributed by atoms with Crippen LogP contribution in [0, 0.1) is 20.8 Å². The summed E-state index contributed by atoms with van der Waals surface area (Å²) < 4.78 is 31.0. The second-order valence-corrected chi connectivity index (χ2v) is 11.3. The molecule has 3 aromatic heterocycles. The molecule has 9 nitrogen and oxygen atoms in total. The molecular formula is C26H24N6O3S2. The Hall–Kier alpha value is -4.09. The molecule has 0 amide bonds. The van der Waals surface area contributed by atoms with Gasteiger partial charge in [-0.05, 0) is 43.5 Å². The first-order chi connectivity index (χ1) is 17.6.